The van der Waals surface area contributed by atoms with Crippen LogP contribution >= 0.6 is 11.3 Å². The molecule has 0 aliphatic carbocycles. The van der Waals surface area contributed by atoms with Crippen LogP contribution in [0.2, 0.25) is 0 Å². The molecule has 2 aromatic rings. The molecule has 1 aromatic carbocycles. The zero-order valence-corrected chi connectivity index (χ0v) is 11.5. The van der Waals surface area contributed by atoms with E-state index in [1.807, 2.05) is 31.2 Å². The Labute approximate surface area is 112 Å². The quantitative estimate of drug-likeness (QED) is 0.893. The SMILES string of the molecule is Cc1ccc(C(CO)COc2ccccc2C)s1. The van der Waals surface area contributed by atoms with Crippen molar-refractivity contribution in [1.29, 1.82) is 0 Å². The number of hydrogen-bond donors (Lipinski definition) is 1. The number of aliphatic hydroxyl groups is 1. The fourth-order valence-corrected chi connectivity index (χ4v) is 2.76. The van der Waals surface area contributed by atoms with Gasteiger partial charge in [-0.1, -0.05) is 18.2 Å². The summed E-state index contributed by atoms with van der Waals surface area (Å²) in [5.41, 5.74) is 1.12. The van der Waals surface area contributed by atoms with Crippen molar-refractivity contribution in [1.82, 2.24) is 0 Å². The lowest BCUT2D eigenvalue weighted by Crippen LogP contribution is -2.13. The third kappa shape index (κ3) is 3.12. The lowest BCUT2D eigenvalue weighted by Gasteiger charge is -2.15. The van der Waals surface area contributed by atoms with Gasteiger partial charge in [0.1, 0.15) is 5.75 Å². The molecule has 0 amide bonds. The maximum atomic E-state index is 9.46. The van der Waals surface area contributed by atoms with E-state index < -0.39 is 0 Å². The number of benzene rings is 1. The third-order valence-electron chi connectivity index (χ3n) is 2.92. The van der Waals surface area contributed by atoms with Crippen molar-refractivity contribution in [2.24, 2.45) is 0 Å². The average molecular weight is 262 g/mol. The highest BCUT2D eigenvalue weighted by Gasteiger charge is 2.13. The summed E-state index contributed by atoms with van der Waals surface area (Å²) in [4.78, 5) is 2.45. The van der Waals surface area contributed by atoms with Gasteiger partial charge in [0.15, 0.2) is 0 Å². The van der Waals surface area contributed by atoms with Gasteiger partial charge in [-0.25, -0.2) is 0 Å². The summed E-state index contributed by atoms with van der Waals surface area (Å²) in [5.74, 6) is 0.951. The van der Waals surface area contributed by atoms with E-state index in [4.69, 9.17) is 4.74 Å². The van der Waals surface area contributed by atoms with Crippen molar-refractivity contribution in [3.8, 4) is 5.75 Å². The van der Waals surface area contributed by atoms with Crippen molar-refractivity contribution in [3.63, 3.8) is 0 Å². The van der Waals surface area contributed by atoms with Crippen LogP contribution < -0.4 is 4.74 Å². The van der Waals surface area contributed by atoms with E-state index in [0.717, 1.165) is 11.3 Å². The minimum atomic E-state index is 0.0586. The predicted molar refractivity (Wildman–Crippen MR) is 75.6 cm³/mol. The lowest BCUT2D eigenvalue weighted by molar-refractivity contribution is 0.206. The van der Waals surface area contributed by atoms with Gasteiger partial charge >= 0.3 is 0 Å². The maximum Gasteiger partial charge on any atom is 0.122 e. The van der Waals surface area contributed by atoms with Crippen LogP contribution in [-0.4, -0.2) is 18.3 Å². The van der Waals surface area contributed by atoms with Crippen LogP contribution in [0.5, 0.6) is 5.75 Å². The van der Waals surface area contributed by atoms with E-state index in [-0.39, 0.29) is 12.5 Å². The normalized spacial score (nSPS) is 12.4. The first-order valence-corrected chi connectivity index (χ1v) is 6.88. The molecule has 96 valence electrons. The van der Waals surface area contributed by atoms with Crippen molar-refractivity contribution >= 4 is 11.3 Å². The Morgan fingerprint density at radius 2 is 1.94 bits per heavy atom. The Kier molecular flexibility index (Phi) is 4.39. The Morgan fingerprint density at radius 1 is 1.17 bits per heavy atom. The Morgan fingerprint density at radius 3 is 2.56 bits per heavy atom. The second-order valence-corrected chi connectivity index (χ2v) is 5.72. The maximum absolute atomic E-state index is 9.46. The summed E-state index contributed by atoms with van der Waals surface area (Å²) in [5, 5.41) is 9.46. The predicted octanol–water partition coefficient (Wildman–Crippen LogP) is 3.52. The van der Waals surface area contributed by atoms with E-state index in [9.17, 15) is 5.11 Å². The zero-order valence-electron chi connectivity index (χ0n) is 10.7. The van der Waals surface area contributed by atoms with Crippen molar-refractivity contribution < 1.29 is 9.84 Å². The standard InChI is InChI=1S/C15H18O2S/c1-11-5-3-4-6-14(11)17-10-13(9-16)15-8-7-12(2)18-15/h3-8,13,16H,9-10H2,1-2H3. The first-order valence-electron chi connectivity index (χ1n) is 6.06. The molecule has 0 aliphatic rings. The molecule has 0 saturated heterocycles. The molecule has 1 N–H and O–H groups in total. The number of ether oxygens (including phenoxy) is 1. The highest BCUT2D eigenvalue weighted by Crippen LogP contribution is 2.26. The summed E-state index contributed by atoms with van der Waals surface area (Å²) in [6.07, 6.45) is 0. The van der Waals surface area contributed by atoms with Crippen LogP contribution in [0.4, 0.5) is 0 Å². The second kappa shape index (κ2) is 6.03. The summed E-state index contributed by atoms with van der Waals surface area (Å²) in [7, 11) is 0. The number of hydrogen-bond acceptors (Lipinski definition) is 3. The molecular formula is C15H18O2S. The monoisotopic (exact) mass is 262 g/mol. The number of aryl methyl sites for hydroxylation is 2. The van der Waals surface area contributed by atoms with E-state index in [2.05, 4.69) is 19.1 Å². The van der Waals surface area contributed by atoms with Crippen molar-refractivity contribution in [2.45, 2.75) is 19.8 Å². The average Bonchev–Trinajstić information content (AvgIpc) is 2.79. The number of aliphatic hydroxyl groups excluding tert-OH is 1. The molecule has 0 aliphatic heterocycles. The van der Waals surface area contributed by atoms with Crippen LogP contribution in [0, 0.1) is 13.8 Å². The molecule has 0 spiro atoms. The minimum Gasteiger partial charge on any atom is -0.493 e. The Bertz CT molecular complexity index is 505. The van der Waals surface area contributed by atoms with Crippen molar-refractivity contribution in [2.75, 3.05) is 13.2 Å². The molecule has 1 heterocycles. The minimum absolute atomic E-state index is 0.0586. The zero-order chi connectivity index (χ0) is 13.0. The van der Waals surface area contributed by atoms with E-state index in [1.165, 1.54) is 9.75 Å². The molecule has 0 fully saturated rings. The first-order chi connectivity index (χ1) is 8.70. The molecule has 0 bridgehead atoms. The van der Waals surface area contributed by atoms with Gasteiger partial charge in [-0.05, 0) is 37.6 Å². The molecule has 2 nitrogen and oxygen atoms in total. The van der Waals surface area contributed by atoms with Gasteiger partial charge in [0.05, 0.1) is 19.1 Å². The third-order valence-corrected chi connectivity index (χ3v) is 4.08. The Balaban J connectivity index is 2.02. The molecule has 1 unspecified atom stereocenters. The summed E-state index contributed by atoms with van der Waals surface area (Å²) in [6, 6.07) is 12.1. The van der Waals surface area contributed by atoms with Gasteiger partial charge in [0.2, 0.25) is 0 Å². The largest absolute Gasteiger partial charge is 0.493 e. The van der Waals surface area contributed by atoms with Crippen LogP contribution in [-0.2, 0) is 0 Å². The van der Waals surface area contributed by atoms with E-state index >= 15 is 0 Å². The van der Waals surface area contributed by atoms with E-state index in [1.54, 1.807) is 11.3 Å². The van der Waals surface area contributed by atoms with Crippen LogP contribution in [0.15, 0.2) is 36.4 Å². The summed E-state index contributed by atoms with van der Waals surface area (Å²) < 4.78 is 5.80. The molecule has 2 rings (SSSR count). The first kappa shape index (κ1) is 13.1. The van der Waals surface area contributed by atoms with Crippen molar-refractivity contribution in [3.05, 3.63) is 51.7 Å². The van der Waals surface area contributed by atoms with Crippen LogP contribution in [0.1, 0.15) is 21.2 Å². The smallest absolute Gasteiger partial charge is 0.122 e. The topological polar surface area (TPSA) is 29.5 Å². The highest BCUT2D eigenvalue weighted by atomic mass is 32.1. The van der Waals surface area contributed by atoms with Gasteiger partial charge in [-0.15, -0.1) is 11.3 Å². The fraction of sp³-hybridized carbons (Fsp3) is 0.333. The van der Waals surface area contributed by atoms with Crippen LogP contribution in [0.3, 0.4) is 0 Å². The molecular weight excluding hydrogens is 244 g/mol. The second-order valence-electron chi connectivity index (χ2n) is 4.40. The molecule has 1 aromatic heterocycles. The number of para-hydroxylation sites is 1. The molecule has 3 heteroatoms. The summed E-state index contributed by atoms with van der Waals surface area (Å²) >= 11 is 1.72. The molecule has 0 saturated carbocycles. The lowest BCUT2D eigenvalue weighted by atomic mass is 10.1. The Hall–Kier alpha value is -1.32. The highest BCUT2D eigenvalue weighted by molar-refractivity contribution is 7.12. The van der Waals surface area contributed by atoms with Gasteiger partial charge in [-0.3, -0.25) is 0 Å². The molecule has 1 atom stereocenters. The molecule has 0 radical (unpaired) electrons. The van der Waals surface area contributed by atoms with Gasteiger partial charge < -0.3 is 9.84 Å². The van der Waals surface area contributed by atoms with Gasteiger partial charge in [0, 0.05) is 9.75 Å². The van der Waals surface area contributed by atoms with Crippen LogP contribution in [0.25, 0.3) is 0 Å². The fourth-order valence-electron chi connectivity index (χ4n) is 1.81. The summed E-state index contributed by atoms with van der Waals surface area (Å²) in [6.45, 7) is 4.73. The van der Waals surface area contributed by atoms with Gasteiger partial charge in [-0.2, -0.15) is 0 Å². The number of thiophene rings is 1. The van der Waals surface area contributed by atoms with E-state index in [0.29, 0.717) is 6.61 Å². The van der Waals surface area contributed by atoms with Gasteiger partial charge in [0.25, 0.3) is 0 Å². The number of rotatable bonds is 5. The molecule has 18 heavy (non-hydrogen) atoms.